The van der Waals surface area contributed by atoms with Gasteiger partial charge in [0.15, 0.2) is 0 Å². The van der Waals surface area contributed by atoms with E-state index < -0.39 is 6.10 Å². The molecule has 5 nitrogen and oxygen atoms in total. The van der Waals surface area contributed by atoms with E-state index in [-0.39, 0.29) is 24.4 Å². The fourth-order valence-corrected chi connectivity index (χ4v) is 2.65. The summed E-state index contributed by atoms with van der Waals surface area (Å²) in [6.45, 7) is 0.185. The topological polar surface area (TPSA) is 84.6 Å². The van der Waals surface area contributed by atoms with Crippen LogP contribution in [-0.4, -0.2) is 30.7 Å². The van der Waals surface area contributed by atoms with Crippen molar-refractivity contribution in [2.24, 2.45) is 11.7 Å². The molecule has 0 unspecified atom stereocenters. The minimum atomic E-state index is -0.773. The third-order valence-corrected chi connectivity index (χ3v) is 3.81. The molecule has 1 fully saturated rings. The van der Waals surface area contributed by atoms with Crippen molar-refractivity contribution in [3.63, 3.8) is 0 Å². The molecule has 0 heterocycles. The summed E-state index contributed by atoms with van der Waals surface area (Å²) in [5, 5.41) is 13.0. The Labute approximate surface area is 119 Å². The number of nitrogens with two attached hydrogens (primary N) is 1. The van der Waals surface area contributed by atoms with Crippen LogP contribution in [0.2, 0.25) is 0 Å². The molecule has 0 saturated heterocycles. The molecule has 0 aliphatic heterocycles. The van der Waals surface area contributed by atoms with Crippen LogP contribution in [-0.2, 0) is 4.79 Å². The maximum absolute atomic E-state index is 12.0. The number of aliphatic hydroxyl groups is 1. The van der Waals surface area contributed by atoms with E-state index in [0.29, 0.717) is 11.3 Å². The van der Waals surface area contributed by atoms with Crippen LogP contribution in [0.4, 0.5) is 0 Å². The average molecular weight is 278 g/mol. The summed E-state index contributed by atoms with van der Waals surface area (Å²) in [6, 6.07) is 7.38. The number of carbonyl (C=O) groups is 1. The van der Waals surface area contributed by atoms with Crippen LogP contribution < -0.4 is 15.8 Å². The Bertz CT molecular complexity index is 464. The molecule has 0 bridgehead atoms. The summed E-state index contributed by atoms with van der Waals surface area (Å²) in [4.78, 5) is 12.0. The second-order valence-electron chi connectivity index (χ2n) is 5.27. The Balaban J connectivity index is 1.88. The zero-order valence-electron chi connectivity index (χ0n) is 11.7. The first-order valence-corrected chi connectivity index (χ1v) is 6.96. The maximum atomic E-state index is 12.0. The minimum Gasteiger partial charge on any atom is -0.496 e. The van der Waals surface area contributed by atoms with E-state index in [1.165, 1.54) is 0 Å². The molecular formula is C15H22N2O3. The van der Waals surface area contributed by atoms with E-state index in [4.69, 9.17) is 10.5 Å². The number of nitrogens with one attached hydrogen (secondary N) is 1. The van der Waals surface area contributed by atoms with Gasteiger partial charge in [0.2, 0.25) is 5.91 Å². The van der Waals surface area contributed by atoms with Crippen LogP contribution >= 0.6 is 0 Å². The van der Waals surface area contributed by atoms with Gasteiger partial charge >= 0.3 is 0 Å². The van der Waals surface area contributed by atoms with E-state index in [0.717, 1.165) is 19.3 Å². The highest BCUT2D eigenvalue weighted by atomic mass is 16.5. The largest absolute Gasteiger partial charge is 0.496 e. The first-order valence-electron chi connectivity index (χ1n) is 6.96. The van der Waals surface area contributed by atoms with E-state index in [1.54, 1.807) is 19.2 Å². The van der Waals surface area contributed by atoms with Gasteiger partial charge < -0.3 is 20.9 Å². The lowest BCUT2D eigenvalue weighted by Crippen LogP contribution is -2.33. The number of ether oxygens (including phenoxy) is 1. The smallest absolute Gasteiger partial charge is 0.223 e. The molecule has 2 rings (SSSR count). The third kappa shape index (κ3) is 3.49. The second kappa shape index (κ2) is 6.72. The molecule has 0 spiro atoms. The molecule has 5 heteroatoms. The lowest BCUT2D eigenvalue weighted by Gasteiger charge is -2.17. The highest BCUT2D eigenvalue weighted by Gasteiger charge is 2.28. The molecule has 0 aromatic heterocycles. The Morgan fingerprint density at radius 2 is 2.25 bits per heavy atom. The van der Waals surface area contributed by atoms with Gasteiger partial charge in [-0.2, -0.15) is 0 Å². The van der Waals surface area contributed by atoms with Crippen molar-refractivity contribution in [3.05, 3.63) is 29.8 Å². The molecule has 110 valence electrons. The first kappa shape index (κ1) is 14.8. The zero-order chi connectivity index (χ0) is 14.5. The fraction of sp³-hybridized carbons (Fsp3) is 0.533. The third-order valence-electron chi connectivity index (χ3n) is 3.81. The normalized spacial score (nSPS) is 23.4. The fourth-order valence-electron chi connectivity index (χ4n) is 2.65. The van der Waals surface area contributed by atoms with Crippen molar-refractivity contribution < 1.29 is 14.6 Å². The quantitative estimate of drug-likeness (QED) is 0.749. The second-order valence-corrected chi connectivity index (χ2v) is 5.27. The van der Waals surface area contributed by atoms with Gasteiger partial charge in [0.05, 0.1) is 13.2 Å². The van der Waals surface area contributed by atoms with E-state index in [2.05, 4.69) is 5.32 Å². The number of rotatable bonds is 5. The SMILES string of the molecule is COc1ccccc1[C@H](O)CNC(=O)[C@@H]1CC[C@H](N)C1. The number of para-hydroxylation sites is 1. The van der Waals surface area contributed by atoms with Gasteiger partial charge in [0.1, 0.15) is 5.75 Å². The molecule has 1 saturated carbocycles. The van der Waals surface area contributed by atoms with Crippen LogP contribution in [0.3, 0.4) is 0 Å². The van der Waals surface area contributed by atoms with Gasteiger partial charge in [-0.15, -0.1) is 0 Å². The number of methoxy groups -OCH3 is 1. The highest BCUT2D eigenvalue weighted by molar-refractivity contribution is 5.79. The van der Waals surface area contributed by atoms with Crippen LogP contribution in [0.5, 0.6) is 5.75 Å². The Hall–Kier alpha value is -1.59. The molecule has 1 aliphatic rings. The standard InChI is InChI=1S/C15H22N2O3/c1-20-14-5-3-2-4-12(14)13(18)9-17-15(19)10-6-7-11(16)8-10/h2-5,10-11,13,18H,6-9,16H2,1H3,(H,17,19)/t10-,11+,13-/m1/s1. The average Bonchev–Trinajstić information content (AvgIpc) is 2.91. The summed E-state index contributed by atoms with van der Waals surface area (Å²) >= 11 is 0. The summed E-state index contributed by atoms with van der Waals surface area (Å²) < 4.78 is 5.20. The van der Waals surface area contributed by atoms with Gasteiger partial charge in [-0.1, -0.05) is 18.2 Å². The van der Waals surface area contributed by atoms with Crippen molar-refractivity contribution >= 4 is 5.91 Å². The number of hydrogen-bond acceptors (Lipinski definition) is 4. The summed E-state index contributed by atoms with van der Waals surface area (Å²) in [5.74, 6) is 0.582. The number of aliphatic hydroxyl groups excluding tert-OH is 1. The maximum Gasteiger partial charge on any atom is 0.223 e. The van der Waals surface area contributed by atoms with Crippen LogP contribution in [0.15, 0.2) is 24.3 Å². The van der Waals surface area contributed by atoms with E-state index in [1.807, 2.05) is 12.1 Å². The predicted octanol–water partition coefficient (Wildman–Crippen LogP) is 0.972. The van der Waals surface area contributed by atoms with Gasteiger partial charge in [-0.25, -0.2) is 0 Å². The molecule has 0 radical (unpaired) electrons. The van der Waals surface area contributed by atoms with Gasteiger partial charge in [-0.05, 0) is 25.3 Å². The number of amides is 1. The van der Waals surface area contributed by atoms with Crippen molar-refractivity contribution in [3.8, 4) is 5.75 Å². The Morgan fingerprint density at radius 3 is 2.90 bits per heavy atom. The summed E-state index contributed by atoms with van der Waals surface area (Å²) in [6.07, 6.45) is 1.69. The van der Waals surface area contributed by atoms with Gasteiger partial charge in [0.25, 0.3) is 0 Å². The van der Waals surface area contributed by atoms with Crippen LogP contribution in [0.1, 0.15) is 30.9 Å². The lowest BCUT2D eigenvalue weighted by molar-refractivity contribution is -0.125. The van der Waals surface area contributed by atoms with E-state index >= 15 is 0 Å². The molecular weight excluding hydrogens is 256 g/mol. The Morgan fingerprint density at radius 1 is 1.50 bits per heavy atom. The van der Waals surface area contributed by atoms with Crippen molar-refractivity contribution in [2.75, 3.05) is 13.7 Å². The number of hydrogen-bond donors (Lipinski definition) is 3. The van der Waals surface area contributed by atoms with E-state index in [9.17, 15) is 9.90 Å². The number of carbonyl (C=O) groups excluding carboxylic acids is 1. The van der Waals surface area contributed by atoms with Crippen LogP contribution in [0.25, 0.3) is 0 Å². The molecule has 1 aromatic carbocycles. The number of benzene rings is 1. The monoisotopic (exact) mass is 278 g/mol. The first-order chi connectivity index (χ1) is 9.61. The molecule has 3 atom stereocenters. The zero-order valence-corrected chi connectivity index (χ0v) is 11.7. The van der Waals surface area contributed by atoms with Crippen molar-refractivity contribution in [1.29, 1.82) is 0 Å². The lowest BCUT2D eigenvalue weighted by atomic mass is 10.1. The van der Waals surface area contributed by atoms with Crippen LogP contribution in [0, 0.1) is 5.92 Å². The highest BCUT2D eigenvalue weighted by Crippen LogP contribution is 2.26. The molecule has 1 aromatic rings. The van der Waals surface area contributed by atoms with Crippen molar-refractivity contribution in [2.45, 2.75) is 31.4 Å². The molecule has 20 heavy (non-hydrogen) atoms. The summed E-state index contributed by atoms with van der Waals surface area (Å²) in [5.41, 5.74) is 6.48. The molecule has 1 amide bonds. The van der Waals surface area contributed by atoms with Crippen molar-refractivity contribution in [1.82, 2.24) is 5.32 Å². The summed E-state index contributed by atoms with van der Waals surface area (Å²) in [7, 11) is 1.56. The molecule has 4 N–H and O–H groups in total. The van der Waals surface area contributed by atoms with Gasteiger partial charge in [-0.3, -0.25) is 4.79 Å². The molecule has 1 aliphatic carbocycles. The predicted molar refractivity (Wildman–Crippen MR) is 76.3 cm³/mol. The van der Waals surface area contributed by atoms with Gasteiger partial charge in [0, 0.05) is 24.1 Å². The minimum absolute atomic E-state index is 0.0186. The Kier molecular flexibility index (Phi) is 4.98.